The molecule has 0 bridgehead atoms. The number of rotatable bonds is 3. The van der Waals surface area contributed by atoms with E-state index in [4.69, 9.17) is 0 Å². The van der Waals surface area contributed by atoms with Crippen LogP contribution in [0.2, 0.25) is 0 Å². The molecule has 40 heavy (non-hydrogen) atoms. The van der Waals surface area contributed by atoms with Crippen LogP contribution in [-0.4, -0.2) is 67.1 Å². The minimum atomic E-state index is 0.932. The maximum atomic E-state index is 3.24. The summed E-state index contributed by atoms with van der Waals surface area (Å²) in [5.41, 5.74) is 0. The molecule has 0 radical (unpaired) electrons. The fourth-order valence-corrected chi connectivity index (χ4v) is 16.0. The highest BCUT2D eigenvalue weighted by molar-refractivity contribution is 8.00. The van der Waals surface area contributed by atoms with E-state index in [9.17, 15) is 0 Å². The zero-order chi connectivity index (χ0) is 26.5. The molecule has 8 fully saturated rings. The molecule has 8 unspecified atom stereocenters. The summed E-state index contributed by atoms with van der Waals surface area (Å²) in [6.07, 6.45) is 36.6. The van der Waals surface area contributed by atoms with E-state index >= 15 is 0 Å². The van der Waals surface area contributed by atoms with Crippen LogP contribution in [0.25, 0.3) is 0 Å². The lowest BCUT2D eigenvalue weighted by Crippen LogP contribution is -2.62. The summed E-state index contributed by atoms with van der Waals surface area (Å²) in [4.78, 5) is 6.49. The van der Waals surface area contributed by atoms with Crippen LogP contribution in [0.4, 0.5) is 0 Å². The standard InChI is InChI=1S/C36H60N2S2/c1-5-13-33-29(9-1)37(30-10-2-6-14-34(30)39-33)27-21-17-25(18-22-27)26-19-23-28(24-20-26)38-31-11-3-7-15-35(31)40-36-16-8-4-12-32(36)38/h25-36H,1-24H2. The molecular weight excluding hydrogens is 525 g/mol. The van der Waals surface area contributed by atoms with Gasteiger partial charge in [0, 0.05) is 57.3 Å². The number of hydrogen-bond donors (Lipinski definition) is 0. The first-order valence-corrected chi connectivity index (χ1v) is 20.6. The second kappa shape index (κ2) is 12.5. The third kappa shape index (κ3) is 5.40. The van der Waals surface area contributed by atoms with Crippen LogP contribution in [0.15, 0.2) is 0 Å². The number of nitrogens with zero attached hydrogens (tertiary/aromatic N) is 2. The van der Waals surface area contributed by atoms with E-state index in [1.165, 1.54) is 103 Å². The molecule has 2 aliphatic heterocycles. The molecule has 8 rings (SSSR count). The fourth-order valence-electron chi connectivity index (χ4n) is 12.1. The highest BCUT2D eigenvalue weighted by atomic mass is 32.2. The molecule has 2 saturated heterocycles. The Labute approximate surface area is 255 Å². The van der Waals surface area contributed by atoms with Gasteiger partial charge in [0.15, 0.2) is 0 Å². The van der Waals surface area contributed by atoms with Crippen LogP contribution in [0.3, 0.4) is 0 Å². The Morgan fingerprint density at radius 3 is 0.875 bits per heavy atom. The zero-order valence-electron chi connectivity index (χ0n) is 25.6. The van der Waals surface area contributed by atoms with Crippen LogP contribution < -0.4 is 0 Å². The van der Waals surface area contributed by atoms with Gasteiger partial charge in [0.25, 0.3) is 0 Å². The first kappa shape index (κ1) is 28.1. The van der Waals surface area contributed by atoms with E-state index in [0.717, 1.165) is 69.1 Å². The van der Waals surface area contributed by atoms with E-state index in [1.807, 2.05) is 0 Å². The Kier molecular flexibility index (Phi) is 8.82. The maximum Gasteiger partial charge on any atom is 0.0221 e. The molecule has 2 nitrogen and oxygen atoms in total. The second-order valence-corrected chi connectivity index (χ2v) is 18.8. The molecule has 0 aromatic carbocycles. The zero-order valence-corrected chi connectivity index (χ0v) is 27.2. The largest absolute Gasteiger partial charge is 0.292 e. The fraction of sp³-hybridized carbons (Fsp3) is 1.00. The molecule has 226 valence electrons. The van der Waals surface area contributed by atoms with Crippen molar-refractivity contribution in [1.82, 2.24) is 9.80 Å². The van der Waals surface area contributed by atoms with Crippen molar-refractivity contribution in [2.75, 3.05) is 0 Å². The van der Waals surface area contributed by atoms with Crippen LogP contribution in [0.1, 0.15) is 154 Å². The molecule has 0 N–H and O–H groups in total. The summed E-state index contributed by atoms with van der Waals surface area (Å²) < 4.78 is 0. The Morgan fingerprint density at radius 2 is 0.575 bits per heavy atom. The van der Waals surface area contributed by atoms with Crippen LogP contribution in [0, 0.1) is 11.8 Å². The van der Waals surface area contributed by atoms with E-state index in [0.29, 0.717) is 0 Å². The normalized spacial score (nSPS) is 50.7. The van der Waals surface area contributed by atoms with Gasteiger partial charge in [-0.3, -0.25) is 9.80 Å². The Hall–Kier alpha value is 0.620. The van der Waals surface area contributed by atoms with Crippen molar-refractivity contribution in [2.24, 2.45) is 11.8 Å². The molecule has 0 aromatic heterocycles. The van der Waals surface area contributed by atoms with Crippen molar-refractivity contribution in [1.29, 1.82) is 0 Å². The summed E-state index contributed by atoms with van der Waals surface area (Å²) in [5.74, 6) is 2.12. The third-order valence-electron chi connectivity index (χ3n) is 13.9. The highest BCUT2D eigenvalue weighted by Gasteiger charge is 2.50. The molecule has 0 amide bonds. The van der Waals surface area contributed by atoms with E-state index < -0.39 is 0 Å². The molecule has 8 atom stereocenters. The smallest absolute Gasteiger partial charge is 0.0221 e. The van der Waals surface area contributed by atoms with E-state index in [2.05, 4.69) is 33.3 Å². The van der Waals surface area contributed by atoms with Crippen LogP contribution in [-0.2, 0) is 0 Å². The average Bonchev–Trinajstić information content (AvgIpc) is 3.03. The quantitative estimate of drug-likeness (QED) is 0.326. The van der Waals surface area contributed by atoms with Crippen molar-refractivity contribution in [3.63, 3.8) is 0 Å². The molecule has 8 aliphatic rings. The molecule has 6 aliphatic carbocycles. The molecule has 4 heteroatoms. The van der Waals surface area contributed by atoms with Crippen LogP contribution >= 0.6 is 23.5 Å². The second-order valence-electron chi connectivity index (χ2n) is 15.9. The van der Waals surface area contributed by atoms with E-state index in [-0.39, 0.29) is 0 Å². The molecule has 2 heterocycles. The lowest BCUT2D eigenvalue weighted by atomic mass is 9.70. The average molecular weight is 585 g/mol. The third-order valence-corrected chi connectivity index (χ3v) is 17.5. The lowest BCUT2D eigenvalue weighted by Gasteiger charge is -2.57. The molecule has 0 spiro atoms. The maximum absolute atomic E-state index is 3.24. The Balaban J connectivity index is 0.890. The van der Waals surface area contributed by atoms with E-state index in [1.54, 1.807) is 51.4 Å². The highest BCUT2D eigenvalue weighted by Crippen LogP contribution is 2.52. The van der Waals surface area contributed by atoms with Crippen molar-refractivity contribution in [3.8, 4) is 0 Å². The van der Waals surface area contributed by atoms with Crippen molar-refractivity contribution in [2.45, 2.75) is 211 Å². The molecular formula is C36H60N2S2. The summed E-state index contributed by atoms with van der Waals surface area (Å²) in [6.45, 7) is 0. The van der Waals surface area contributed by atoms with Gasteiger partial charge in [-0.1, -0.05) is 51.4 Å². The van der Waals surface area contributed by atoms with Crippen molar-refractivity contribution >= 4 is 23.5 Å². The van der Waals surface area contributed by atoms with Crippen molar-refractivity contribution < 1.29 is 0 Å². The minimum Gasteiger partial charge on any atom is -0.292 e. The van der Waals surface area contributed by atoms with Crippen LogP contribution in [0.5, 0.6) is 0 Å². The summed E-state index contributed by atoms with van der Waals surface area (Å²) in [5, 5.41) is 3.90. The van der Waals surface area contributed by atoms with Gasteiger partial charge >= 0.3 is 0 Å². The van der Waals surface area contributed by atoms with Gasteiger partial charge in [-0.25, -0.2) is 0 Å². The first-order valence-electron chi connectivity index (χ1n) is 18.7. The van der Waals surface area contributed by atoms with Gasteiger partial charge < -0.3 is 0 Å². The number of fused-ring (bicyclic) bond motifs is 4. The Morgan fingerprint density at radius 1 is 0.300 bits per heavy atom. The number of thioether (sulfide) groups is 2. The first-order chi connectivity index (χ1) is 19.8. The Bertz CT molecular complexity index is 723. The van der Waals surface area contributed by atoms with Gasteiger partial charge in [0.05, 0.1) is 0 Å². The summed E-state index contributed by atoms with van der Waals surface area (Å²) in [6, 6.07) is 5.61. The summed E-state index contributed by atoms with van der Waals surface area (Å²) >= 11 is 4.94. The van der Waals surface area contributed by atoms with Gasteiger partial charge in [0.1, 0.15) is 0 Å². The molecule has 0 aromatic rings. The topological polar surface area (TPSA) is 6.48 Å². The predicted molar refractivity (Wildman–Crippen MR) is 175 cm³/mol. The predicted octanol–water partition coefficient (Wildman–Crippen LogP) is 9.45. The molecule has 6 saturated carbocycles. The number of hydrogen-bond acceptors (Lipinski definition) is 4. The van der Waals surface area contributed by atoms with Gasteiger partial charge in [-0.05, 0) is 115 Å². The monoisotopic (exact) mass is 584 g/mol. The SMILES string of the molecule is C1CCC2C(C1)SC1CCCCC1N2C1CCC(C2CCC(N3C4CCCCC4SC4CCCCC43)CC2)CC1. The van der Waals surface area contributed by atoms with Gasteiger partial charge in [-0.15, -0.1) is 0 Å². The lowest BCUT2D eigenvalue weighted by molar-refractivity contribution is -0.00648. The van der Waals surface area contributed by atoms with Crippen molar-refractivity contribution in [3.05, 3.63) is 0 Å². The minimum absolute atomic E-state index is 0.932. The summed E-state index contributed by atoms with van der Waals surface area (Å²) in [7, 11) is 0. The van der Waals surface area contributed by atoms with Gasteiger partial charge in [0.2, 0.25) is 0 Å². The van der Waals surface area contributed by atoms with Gasteiger partial charge in [-0.2, -0.15) is 23.5 Å².